The molecule has 6 nitrogen and oxygen atoms in total. The first-order chi connectivity index (χ1) is 13.1. The number of esters is 1. The van der Waals surface area contributed by atoms with Crippen molar-refractivity contribution >= 4 is 23.3 Å². The molecule has 0 spiro atoms. The van der Waals surface area contributed by atoms with Crippen molar-refractivity contribution in [3.8, 4) is 0 Å². The van der Waals surface area contributed by atoms with E-state index in [1.807, 2.05) is 19.1 Å². The predicted octanol–water partition coefficient (Wildman–Crippen LogP) is 3.92. The van der Waals surface area contributed by atoms with Gasteiger partial charge in [-0.15, -0.1) is 0 Å². The molecule has 2 aromatic rings. The van der Waals surface area contributed by atoms with Crippen LogP contribution in [0.5, 0.6) is 0 Å². The summed E-state index contributed by atoms with van der Waals surface area (Å²) in [6.45, 7) is 8.24. The Hall–Kier alpha value is -3.02. The van der Waals surface area contributed by atoms with Gasteiger partial charge in [0.05, 0.1) is 12.1 Å². The summed E-state index contributed by atoms with van der Waals surface area (Å²) < 4.78 is 5.19. The van der Waals surface area contributed by atoms with Crippen LogP contribution in [0.1, 0.15) is 74.7 Å². The molecule has 1 aromatic carbocycles. The van der Waals surface area contributed by atoms with E-state index < -0.39 is 17.9 Å². The Bertz CT molecular complexity index is 921. The summed E-state index contributed by atoms with van der Waals surface area (Å²) >= 11 is 0. The fourth-order valence-corrected chi connectivity index (χ4v) is 3.14. The van der Waals surface area contributed by atoms with Gasteiger partial charge in [0.15, 0.2) is 17.7 Å². The maximum absolute atomic E-state index is 12.6. The molecule has 0 unspecified atom stereocenters. The van der Waals surface area contributed by atoms with E-state index in [0.29, 0.717) is 22.4 Å². The monoisotopic (exact) mass is 383 g/mol. The van der Waals surface area contributed by atoms with Crippen molar-refractivity contribution in [3.63, 3.8) is 0 Å². The number of nitrogens with one attached hydrogen (secondary N) is 1. The minimum atomic E-state index is -1.02. The molecule has 0 saturated heterocycles. The van der Waals surface area contributed by atoms with Crippen molar-refractivity contribution in [2.75, 3.05) is 0 Å². The lowest BCUT2D eigenvalue weighted by Gasteiger charge is -2.12. The average molecular weight is 383 g/mol. The molecule has 0 aliphatic rings. The molecule has 28 heavy (non-hydrogen) atoms. The summed E-state index contributed by atoms with van der Waals surface area (Å²) in [4.78, 5) is 51.4. The van der Waals surface area contributed by atoms with Crippen molar-refractivity contribution in [3.05, 3.63) is 57.9 Å². The van der Waals surface area contributed by atoms with Gasteiger partial charge in [0.1, 0.15) is 0 Å². The zero-order valence-electron chi connectivity index (χ0n) is 16.8. The molecule has 0 amide bonds. The van der Waals surface area contributed by atoms with E-state index >= 15 is 0 Å². The minimum Gasteiger partial charge on any atom is -0.454 e. The first-order valence-corrected chi connectivity index (χ1v) is 9.15. The van der Waals surface area contributed by atoms with Gasteiger partial charge >= 0.3 is 5.97 Å². The highest BCUT2D eigenvalue weighted by Gasteiger charge is 2.26. The summed E-state index contributed by atoms with van der Waals surface area (Å²) in [5.41, 5.74) is 3.48. The van der Waals surface area contributed by atoms with E-state index in [2.05, 4.69) is 4.98 Å². The largest absolute Gasteiger partial charge is 0.454 e. The van der Waals surface area contributed by atoms with Crippen LogP contribution in [0, 0.1) is 20.8 Å². The number of aryl methyl sites for hydroxylation is 2. The van der Waals surface area contributed by atoms with E-state index in [-0.39, 0.29) is 30.1 Å². The van der Waals surface area contributed by atoms with Gasteiger partial charge in [-0.3, -0.25) is 19.2 Å². The van der Waals surface area contributed by atoms with Crippen LogP contribution in [-0.2, 0) is 9.53 Å². The molecule has 0 aliphatic heterocycles. The Balaban J connectivity index is 1.96. The standard InChI is InChI=1S/C22H25NO5/c1-12-6-8-17(9-7-12)18(25)10-11-19(26)28-16(5)22(27)21-13(2)20(15(4)24)14(3)23-21/h6-9,16,23H,10-11H2,1-5H3/t16-/m1/s1. The molecule has 148 valence electrons. The van der Waals surface area contributed by atoms with Crippen molar-refractivity contribution in [2.45, 2.75) is 53.6 Å². The second kappa shape index (κ2) is 8.78. The summed E-state index contributed by atoms with van der Waals surface area (Å²) in [6, 6.07) is 7.11. The van der Waals surface area contributed by atoms with Gasteiger partial charge in [-0.05, 0) is 40.2 Å². The molecule has 0 bridgehead atoms. The summed E-state index contributed by atoms with van der Waals surface area (Å²) in [5, 5.41) is 0. The molecule has 0 saturated carbocycles. The van der Waals surface area contributed by atoms with Crippen LogP contribution in [0.25, 0.3) is 0 Å². The third kappa shape index (κ3) is 4.82. The molecule has 0 radical (unpaired) electrons. The number of aromatic nitrogens is 1. The number of H-pyrrole nitrogens is 1. The van der Waals surface area contributed by atoms with Gasteiger partial charge in [-0.25, -0.2) is 0 Å². The van der Waals surface area contributed by atoms with Gasteiger partial charge in [-0.1, -0.05) is 29.8 Å². The van der Waals surface area contributed by atoms with E-state index in [9.17, 15) is 19.2 Å². The minimum absolute atomic E-state index is 0.0118. The van der Waals surface area contributed by atoms with Crippen LogP contribution in [0.3, 0.4) is 0 Å². The van der Waals surface area contributed by atoms with Gasteiger partial charge in [0, 0.05) is 23.2 Å². The second-order valence-electron chi connectivity index (χ2n) is 6.97. The Labute approximate surface area is 164 Å². The molecule has 0 fully saturated rings. The van der Waals surface area contributed by atoms with Gasteiger partial charge in [0.25, 0.3) is 0 Å². The molecule has 0 aliphatic carbocycles. The van der Waals surface area contributed by atoms with Gasteiger partial charge in [-0.2, -0.15) is 0 Å². The zero-order valence-corrected chi connectivity index (χ0v) is 16.8. The fraction of sp³-hybridized carbons (Fsp3) is 0.364. The zero-order chi connectivity index (χ0) is 21.0. The highest BCUT2D eigenvalue weighted by Crippen LogP contribution is 2.20. The second-order valence-corrected chi connectivity index (χ2v) is 6.97. The van der Waals surface area contributed by atoms with Crippen LogP contribution >= 0.6 is 0 Å². The maximum atomic E-state index is 12.6. The number of hydrogen-bond acceptors (Lipinski definition) is 5. The number of carbonyl (C=O) groups is 4. The number of carbonyl (C=O) groups excluding carboxylic acids is 4. The molecular formula is C22H25NO5. The quantitative estimate of drug-likeness (QED) is 0.551. The number of hydrogen-bond donors (Lipinski definition) is 1. The number of rotatable bonds is 8. The maximum Gasteiger partial charge on any atom is 0.306 e. The Kier molecular flexibility index (Phi) is 6.67. The highest BCUT2D eigenvalue weighted by molar-refractivity contribution is 6.05. The SMILES string of the molecule is CC(=O)c1c(C)[nH]c(C(=O)[C@@H](C)OC(=O)CCC(=O)c2ccc(C)cc2)c1C. The van der Waals surface area contributed by atoms with Gasteiger partial charge < -0.3 is 9.72 Å². The fourth-order valence-electron chi connectivity index (χ4n) is 3.14. The van der Waals surface area contributed by atoms with Crippen molar-refractivity contribution in [1.82, 2.24) is 4.98 Å². The first kappa shape index (κ1) is 21.3. The van der Waals surface area contributed by atoms with Crippen LogP contribution in [-0.4, -0.2) is 34.4 Å². The van der Waals surface area contributed by atoms with Gasteiger partial charge in [0.2, 0.25) is 5.78 Å². The average Bonchev–Trinajstić information content (AvgIpc) is 2.93. The molecule has 6 heteroatoms. The van der Waals surface area contributed by atoms with Crippen LogP contribution in [0.15, 0.2) is 24.3 Å². The summed E-state index contributed by atoms with van der Waals surface area (Å²) in [5.74, 6) is -1.32. The molecule has 1 atom stereocenters. The third-order valence-corrected chi connectivity index (χ3v) is 4.64. The molecular weight excluding hydrogens is 358 g/mol. The highest BCUT2D eigenvalue weighted by atomic mass is 16.5. The lowest BCUT2D eigenvalue weighted by Crippen LogP contribution is -2.25. The number of ether oxygens (including phenoxy) is 1. The Morgan fingerprint density at radius 3 is 2.14 bits per heavy atom. The topological polar surface area (TPSA) is 93.3 Å². The molecule has 1 heterocycles. The number of benzene rings is 1. The van der Waals surface area contributed by atoms with Crippen molar-refractivity contribution in [2.24, 2.45) is 0 Å². The Morgan fingerprint density at radius 2 is 1.61 bits per heavy atom. The Morgan fingerprint density at radius 1 is 1.00 bits per heavy atom. The first-order valence-electron chi connectivity index (χ1n) is 9.15. The normalized spacial score (nSPS) is 11.8. The van der Waals surface area contributed by atoms with Crippen LogP contribution in [0.4, 0.5) is 0 Å². The molecule has 1 aromatic heterocycles. The van der Waals surface area contributed by atoms with E-state index in [4.69, 9.17) is 4.74 Å². The van der Waals surface area contributed by atoms with Crippen LogP contribution in [0.2, 0.25) is 0 Å². The number of Topliss-reactive ketones (excluding diaryl/α,β-unsaturated/α-hetero) is 3. The van der Waals surface area contributed by atoms with Crippen molar-refractivity contribution < 1.29 is 23.9 Å². The van der Waals surface area contributed by atoms with E-state index in [1.54, 1.807) is 26.0 Å². The smallest absolute Gasteiger partial charge is 0.306 e. The summed E-state index contributed by atoms with van der Waals surface area (Å²) in [7, 11) is 0. The third-order valence-electron chi connectivity index (χ3n) is 4.64. The predicted molar refractivity (Wildman–Crippen MR) is 105 cm³/mol. The summed E-state index contributed by atoms with van der Waals surface area (Å²) in [6.07, 6.45) is -1.11. The molecule has 2 rings (SSSR count). The lowest BCUT2D eigenvalue weighted by atomic mass is 10.0. The number of aromatic amines is 1. The molecule has 1 N–H and O–H groups in total. The van der Waals surface area contributed by atoms with E-state index in [0.717, 1.165) is 5.56 Å². The van der Waals surface area contributed by atoms with Crippen molar-refractivity contribution in [1.29, 1.82) is 0 Å². The lowest BCUT2D eigenvalue weighted by molar-refractivity contribution is -0.146. The van der Waals surface area contributed by atoms with E-state index in [1.165, 1.54) is 13.8 Å². The number of ketones is 3. The van der Waals surface area contributed by atoms with Crippen LogP contribution < -0.4 is 0 Å².